The number of halogens is 2. The SMILES string of the molecule is O=C1/C(=C2\SC(=S)N(CCCC(=O)N3c4ccccc4Sc4ccc(Cl)cc43)C2=O)SC(=S)N1CCCC(=O)N1c2ccccc2Sc2ccc(Cl)cc21. The predicted molar refractivity (Wildman–Crippen MR) is 228 cm³/mol. The van der Waals surface area contributed by atoms with Crippen molar-refractivity contribution in [2.75, 3.05) is 22.9 Å². The van der Waals surface area contributed by atoms with Crippen molar-refractivity contribution >= 4 is 150 Å². The van der Waals surface area contributed by atoms with E-state index in [0.717, 1.165) is 65.9 Å². The molecule has 2 fully saturated rings. The summed E-state index contributed by atoms with van der Waals surface area (Å²) in [7, 11) is 0. The van der Waals surface area contributed by atoms with Crippen LogP contribution in [-0.4, -0.2) is 55.2 Å². The number of benzene rings is 4. The molecule has 4 aliphatic heterocycles. The van der Waals surface area contributed by atoms with Crippen molar-refractivity contribution < 1.29 is 19.2 Å². The maximum absolute atomic E-state index is 13.7. The molecule has 0 spiro atoms. The van der Waals surface area contributed by atoms with Gasteiger partial charge in [0.15, 0.2) is 0 Å². The fourth-order valence-corrected chi connectivity index (χ4v) is 11.6. The van der Waals surface area contributed by atoms with E-state index in [9.17, 15) is 19.2 Å². The van der Waals surface area contributed by atoms with Gasteiger partial charge in [0.25, 0.3) is 11.8 Å². The lowest BCUT2D eigenvalue weighted by molar-refractivity contribution is -0.125. The van der Waals surface area contributed by atoms with Crippen LogP contribution in [0.3, 0.4) is 0 Å². The van der Waals surface area contributed by atoms with Crippen LogP contribution in [0.4, 0.5) is 22.7 Å². The molecule has 0 atom stereocenters. The lowest BCUT2D eigenvalue weighted by atomic mass is 10.1. The Kier molecular flexibility index (Phi) is 10.9. The number of amides is 4. The molecule has 4 aliphatic rings. The summed E-state index contributed by atoms with van der Waals surface area (Å²) in [6.07, 6.45) is 1.01. The molecule has 0 aliphatic carbocycles. The van der Waals surface area contributed by atoms with Gasteiger partial charge in [-0.2, -0.15) is 0 Å². The third-order valence-electron chi connectivity index (χ3n) is 8.92. The summed E-state index contributed by atoms with van der Waals surface area (Å²) in [6, 6.07) is 26.4. The molecule has 4 aromatic carbocycles. The molecular formula is C38H26Cl2N4O4S6. The molecular weight excluding hydrogens is 840 g/mol. The first-order valence-corrected chi connectivity index (χ1v) is 21.5. The van der Waals surface area contributed by atoms with Gasteiger partial charge >= 0.3 is 0 Å². The van der Waals surface area contributed by atoms with Crippen molar-refractivity contribution in [3.8, 4) is 0 Å². The highest BCUT2D eigenvalue weighted by atomic mass is 35.5. The smallest absolute Gasteiger partial charge is 0.267 e. The van der Waals surface area contributed by atoms with Crippen LogP contribution >= 0.6 is 94.7 Å². The summed E-state index contributed by atoms with van der Waals surface area (Å²) in [6.45, 7) is 0.420. The van der Waals surface area contributed by atoms with Crippen LogP contribution in [0.2, 0.25) is 10.0 Å². The summed E-state index contributed by atoms with van der Waals surface area (Å²) >= 11 is 29.1. The van der Waals surface area contributed by atoms with Crippen molar-refractivity contribution in [2.45, 2.75) is 45.3 Å². The van der Waals surface area contributed by atoms with Crippen LogP contribution in [-0.2, 0) is 19.2 Å². The Labute approximate surface area is 349 Å². The van der Waals surface area contributed by atoms with Gasteiger partial charge in [0.1, 0.15) is 8.64 Å². The van der Waals surface area contributed by atoms with E-state index in [1.807, 2.05) is 60.7 Å². The fourth-order valence-electron chi connectivity index (χ4n) is 6.45. The Morgan fingerprint density at radius 3 is 1.35 bits per heavy atom. The Morgan fingerprint density at radius 2 is 0.926 bits per heavy atom. The molecule has 0 unspecified atom stereocenters. The van der Waals surface area contributed by atoms with E-state index in [2.05, 4.69) is 0 Å². The van der Waals surface area contributed by atoms with Gasteiger partial charge in [0.2, 0.25) is 11.8 Å². The maximum Gasteiger partial charge on any atom is 0.267 e. The third-order valence-corrected chi connectivity index (χ3v) is 14.7. The third kappa shape index (κ3) is 7.11. The number of anilines is 4. The minimum absolute atomic E-state index is 0.132. The topological polar surface area (TPSA) is 81.2 Å². The first-order chi connectivity index (χ1) is 26.1. The molecule has 0 radical (unpaired) electrons. The highest BCUT2D eigenvalue weighted by Crippen LogP contribution is 2.51. The van der Waals surface area contributed by atoms with Crippen LogP contribution < -0.4 is 9.80 Å². The average molecular weight is 866 g/mol. The number of rotatable bonds is 8. The van der Waals surface area contributed by atoms with Crippen LogP contribution in [0, 0.1) is 0 Å². The second-order valence-corrected chi connectivity index (χ2v) is 18.7. The fraction of sp³-hybridized carbons (Fsp3) is 0.158. The normalized spacial score (nSPS) is 17.5. The van der Waals surface area contributed by atoms with Gasteiger partial charge in [-0.15, -0.1) is 0 Å². The van der Waals surface area contributed by atoms with Gasteiger partial charge in [0.05, 0.1) is 32.6 Å². The maximum atomic E-state index is 13.7. The van der Waals surface area contributed by atoms with E-state index in [1.54, 1.807) is 57.6 Å². The zero-order valence-corrected chi connectivity index (χ0v) is 34.4. The zero-order valence-electron chi connectivity index (χ0n) is 28.0. The monoisotopic (exact) mass is 864 g/mol. The van der Waals surface area contributed by atoms with E-state index in [-0.39, 0.29) is 59.4 Å². The number of thiocarbonyl (C=S) groups is 2. The molecule has 8 rings (SSSR count). The summed E-state index contributed by atoms with van der Waals surface area (Å²) in [5, 5.41) is 1.06. The number of hydrogen-bond acceptors (Lipinski definition) is 10. The largest absolute Gasteiger partial charge is 0.293 e. The van der Waals surface area contributed by atoms with Crippen molar-refractivity contribution in [1.82, 2.24) is 9.80 Å². The summed E-state index contributed by atoms with van der Waals surface area (Å²) in [4.78, 5) is 65.3. The quantitative estimate of drug-likeness (QED) is 0.126. The van der Waals surface area contributed by atoms with Crippen LogP contribution in [0.1, 0.15) is 25.7 Å². The Bertz CT molecular complexity index is 2190. The van der Waals surface area contributed by atoms with E-state index >= 15 is 0 Å². The second kappa shape index (κ2) is 15.7. The highest BCUT2D eigenvalue weighted by molar-refractivity contribution is 8.29. The average Bonchev–Trinajstić information content (AvgIpc) is 3.60. The van der Waals surface area contributed by atoms with E-state index in [1.165, 1.54) is 9.80 Å². The molecule has 4 heterocycles. The Hall–Kier alpha value is -3.34. The van der Waals surface area contributed by atoms with Gasteiger partial charge in [-0.05, 0) is 73.5 Å². The van der Waals surface area contributed by atoms with Crippen molar-refractivity contribution in [3.63, 3.8) is 0 Å². The summed E-state index contributed by atoms with van der Waals surface area (Å²) < 4.78 is 0.631. The van der Waals surface area contributed by atoms with Gasteiger partial charge in [-0.3, -0.25) is 38.8 Å². The number of nitrogens with zero attached hydrogens (tertiary/aromatic N) is 4. The summed E-state index contributed by atoms with van der Waals surface area (Å²) in [5.41, 5.74) is 3.01. The number of fused-ring (bicyclic) bond motifs is 4. The predicted octanol–water partition coefficient (Wildman–Crippen LogP) is 10.4. The van der Waals surface area contributed by atoms with Crippen LogP contribution in [0.25, 0.3) is 0 Å². The molecule has 4 aromatic rings. The molecule has 54 heavy (non-hydrogen) atoms. The molecule has 16 heteroatoms. The van der Waals surface area contributed by atoms with Crippen molar-refractivity contribution in [2.24, 2.45) is 0 Å². The van der Waals surface area contributed by atoms with Crippen LogP contribution in [0.5, 0.6) is 0 Å². The molecule has 0 N–H and O–H groups in total. The lowest BCUT2D eigenvalue weighted by Gasteiger charge is -2.31. The zero-order chi connectivity index (χ0) is 37.7. The highest BCUT2D eigenvalue weighted by Gasteiger charge is 2.42. The van der Waals surface area contributed by atoms with Gasteiger partial charge in [0, 0.05) is 55.6 Å². The van der Waals surface area contributed by atoms with Crippen molar-refractivity contribution in [1.29, 1.82) is 0 Å². The number of hydrogen-bond donors (Lipinski definition) is 0. The Balaban J connectivity index is 0.903. The minimum atomic E-state index is -0.385. The Morgan fingerprint density at radius 1 is 0.537 bits per heavy atom. The minimum Gasteiger partial charge on any atom is -0.293 e. The van der Waals surface area contributed by atoms with Crippen LogP contribution in [0.15, 0.2) is 114 Å². The van der Waals surface area contributed by atoms with Gasteiger partial charge in [-0.1, -0.05) is 119 Å². The van der Waals surface area contributed by atoms with Crippen molar-refractivity contribution in [3.05, 3.63) is 105 Å². The second-order valence-electron chi connectivity index (χ2n) is 12.3. The molecule has 2 saturated heterocycles. The number of para-hydroxylation sites is 2. The lowest BCUT2D eigenvalue weighted by Crippen LogP contribution is -2.33. The summed E-state index contributed by atoms with van der Waals surface area (Å²) in [5.74, 6) is -1.03. The number of carbonyl (C=O) groups is 4. The van der Waals surface area contributed by atoms with Gasteiger partial charge < -0.3 is 0 Å². The van der Waals surface area contributed by atoms with E-state index in [4.69, 9.17) is 47.6 Å². The standard InChI is InChI=1S/C38H26Cl2N4O4S6/c39-21-13-15-29-25(19-21)43(23-7-1-3-9-27(23)51-29)31(45)11-5-17-41-35(47)33(53-37(41)49)34-36(48)42(38(50)54-34)18-6-12-32(46)44-24-8-2-4-10-28(24)52-30-16-14-22(40)20-26(30)44/h1-4,7-10,13-16,19-20H,5-6,11-12,17-18H2/b34-33+. The number of thioether (sulfide) groups is 2. The molecule has 0 aromatic heterocycles. The molecule has 0 bridgehead atoms. The first-order valence-electron chi connectivity index (χ1n) is 16.7. The first kappa shape index (κ1) is 37.6. The molecule has 4 amide bonds. The van der Waals surface area contributed by atoms with E-state index < -0.39 is 0 Å². The molecule has 272 valence electrons. The molecule has 0 saturated carbocycles. The molecule has 8 nitrogen and oxygen atoms in total. The van der Waals surface area contributed by atoms with E-state index in [0.29, 0.717) is 31.5 Å². The number of carbonyl (C=O) groups excluding carboxylic acids is 4. The van der Waals surface area contributed by atoms with Gasteiger partial charge in [-0.25, -0.2) is 0 Å².